The number of rotatable bonds is 7. The van der Waals surface area contributed by atoms with E-state index in [-0.39, 0.29) is 17.1 Å². The maximum Gasteiger partial charge on any atom is 0.257 e. The van der Waals surface area contributed by atoms with Crippen LogP contribution in [0.5, 0.6) is 11.5 Å². The van der Waals surface area contributed by atoms with Gasteiger partial charge in [0, 0.05) is 11.3 Å². The van der Waals surface area contributed by atoms with Gasteiger partial charge in [-0.25, -0.2) is 0 Å². The highest BCUT2D eigenvalue weighted by Gasteiger charge is 2.11. The molecule has 1 amide bonds. The lowest BCUT2D eigenvalue weighted by Crippen LogP contribution is -2.34. The van der Waals surface area contributed by atoms with E-state index in [4.69, 9.17) is 21.7 Å². The van der Waals surface area contributed by atoms with Crippen molar-refractivity contribution in [3.63, 3.8) is 0 Å². The Labute approximate surface area is 173 Å². The van der Waals surface area contributed by atoms with Crippen LogP contribution in [-0.2, 0) is 0 Å². The summed E-state index contributed by atoms with van der Waals surface area (Å²) < 4.78 is 11.9. The van der Waals surface area contributed by atoms with Crippen LogP contribution < -0.4 is 20.1 Å². The number of halogens is 1. The highest BCUT2D eigenvalue weighted by atomic mass is 79.9. The Morgan fingerprint density at radius 2 is 1.89 bits per heavy atom. The third kappa shape index (κ3) is 6.52. The zero-order valence-electron chi connectivity index (χ0n) is 15.5. The average molecular weight is 451 g/mol. The van der Waals surface area contributed by atoms with Crippen LogP contribution in [0.15, 0.2) is 46.9 Å². The molecular formula is C20H23BrN2O3S. The predicted molar refractivity (Wildman–Crippen MR) is 116 cm³/mol. The molecule has 2 aromatic carbocycles. The lowest BCUT2D eigenvalue weighted by atomic mass is 10.2. The summed E-state index contributed by atoms with van der Waals surface area (Å²) in [5.74, 6) is 1.19. The number of benzene rings is 2. The predicted octanol–water partition coefficient (Wildman–Crippen LogP) is 5.15. The Morgan fingerprint density at radius 3 is 2.48 bits per heavy atom. The summed E-state index contributed by atoms with van der Waals surface area (Å²) in [4.78, 5) is 12.4. The van der Waals surface area contributed by atoms with Gasteiger partial charge in [0.05, 0.1) is 17.2 Å². The molecule has 1 atom stereocenters. The van der Waals surface area contributed by atoms with E-state index < -0.39 is 0 Å². The summed E-state index contributed by atoms with van der Waals surface area (Å²) in [7, 11) is 0. The Balaban J connectivity index is 1.93. The Bertz CT molecular complexity index is 796. The zero-order chi connectivity index (χ0) is 19.8. The molecule has 2 aromatic rings. The van der Waals surface area contributed by atoms with E-state index in [1.807, 2.05) is 38.1 Å². The van der Waals surface area contributed by atoms with E-state index in [1.54, 1.807) is 18.2 Å². The molecule has 0 aliphatic heterocycles. The minimum Gasteiger partial charge on any atom is -0.493 e. The van der Waals surface area contributed by atoms with Crippen molar-refractivity contribution >= 4 is 44.9 Å². The van der Waals surface area contributed by atoms with Gasteiger partial charge >= 0.3 is 0 Å². The largest absolute Gasteiger partial charge is 0.493 e. The topological polar surface area (TPSA) is 59.6 Å². The van der Waals surface area contributed by atoms with Crippen LogP contribution in [0, 0.1) is 0 Å². The molecule has 0 fully saturated rings. The fourth-order valence-electron chi connectivity index (χ4n) is 2.18. The lowest BCUT2D eigenvalue weighted by Gasteiger charge is -2.14. The maximum absolute atomic E-state index is 12.4. The summed E-state index contributed by atoms with van der Waals surface area (Å²) in [6.07, 6.45) is 1.11. The van der Waals surface area contributed by atoms with Crippen LogP contribution in [0.2, 0.25) is 0 Å². The number of carbonyl (C=O) groups is 1. The normalized spacial score (nSPS) is 11.4. The van der Waals surface area contributed by atoms with Crippen LogP contribution in [-0.4, -0.2) is 23.7 Å². The highest BCUT2D eigenvalue weighted by Crippen LogP contribution is 2.26. The van der Waals surface area contributed by atoms with Crippen LogP contribution in [0.25, 0.3) is 0 Å². The van der Waals surface area contributed by atoms with Gasteiger partial charge < -0.3 is 14.8 Å². The second-order valence-electron chi connectivity index (χ2n) is 5.85. The molecule has 0 bridgehead atoms. The van der Waals surface area contributed by atoms with Gasteiger partial charge in [-0.3, -0.25) is 10.1 Å². The first-order chi connectivity index (χ1) is 12.9. The van der Waals surface area contributed by atoms with Crippen molar-refractivity contribution in [2.24, 2.45) is 0 Å². The second-order valence-corrected chi connectivity index (χ2v) is 7.11. The van der Waals surface area contributed by atoms with Crippen molar-refractivity contribution in [2.75, 3.05) is 11.9 Å². The molecule has 0 saturated carbocycles. The zero-order valence-corrected chi connectivity index (χ0v) is 17.9. The second kappa shape index (κ2) is 10.3. The molecule has 0 aliphatic rings. The highest BCUT2D eigenvalue weighted by molar-refractivity contribution is 9.10. The van der Waals surface area contributed by atoms with E-state index in [9.17, 15) is 4.79 Å². The lowest BCUT2D eigenvalue weighted by molar-refractivity contribution is 0.0977. The van der Waals surface area contributed by atoms with Gasteiger partial charge in [-0.05, 0) is 90.9 Å². The van der Waals surface area contributed by atoms with E-state index in [0.717, 1.165) is 17.9 Å². The number of thiocarbonyl (C=S) groups is 1. The first-order valence-electron chi connectivity index (χ1n) is 8.74. The molecule has 2 rings (SSSR count). The maximum atomic E-state index is 12.4. The molecule has 7 heteroatoms. The van der Waals surface area contributed by atoms with Gasteiger partial charge in [0.1, 0.15) is 11.5 Å². The molecule has 144 valence electrons. The van der Waals surface area contributed by atoms with Crippen molar-refractivity contribution in [3.8, 4) is 11.5 Å². The van der Waals surface area contributed by atoms with Gasteiger partial charge in [-0.2, -0.15) is 0 Å². The number of nitrogens with one attached hydrogen (secondary N) is 2. The fraction of sp³-hybridized carbons (Fsp3) is 0.300. The number of hydrogen-bond acceptors (Lipinski definition) is 4. The Hall–Kier alpha value is -2.12. The standard InChI is InChI=1S/C20H23BrN2O3S/c1-4-13(3)26-16-9-7-15(8-10-16)22-20(27)23-19(24)14-6-11-18(25-5-2)17(21)12-14/h6-13H,4-5H2,1-3H3,(H2,22,23,24,27). The monoisotopic (exact) mass is 450 g/mol. The Morgan fingerprint density at radius 1 is 1.19 bits per heavy atom. The molecule has 1 unspecified atom stereocenters. The van der Waals surface area contributed by atoms with Crippen LogP contribution >= 0.6 is 28.1 Å². The minimum absolute atomic E-state index is 0.164. The molecule has 0 aliphatic carbocycles. The van der Waals surface area contributed by atoms with Crippen LogP contribution in [0.3, 0.4) is 0 Å². The molecule has 0 radical (unpaired) electrons. The first-order valence-corrected chi connectivity index (χ1v) is 9.94. The third-order valence-electron chi connectivity index (χ3n) is 3.75. The Kier molecular flexibility index (Phi) is 8.06. The third-order valence-corrected chi connectivity index (χ3v) is 4.57. The number of anilines is 1. The molecular weight excluding hydrogens is 428 g/mol. The number of carbonyl (C=O) groups excluding carboxylic acids is 1. The van der Waals surface area contributed by atoms with Crippen LogP contribution in [0.4, 0.5) is 5.69 Å². The number of amides is 1. The molecule has 2 N–H and O–H groups in total. The van der Waals surface area contributed by atoms with Gasteiger partial charge in [-0.15, -0.1) is 0 Å². The summed E-state index contributed by atoms with van der Waals surface area (Å²) in [6, 6.07) is 12.6. The summed E-state index contributed by atoms with van der Waals surface area (Å²) in [5, 5.41) is 5.88. The van der Waals surface area contributed by atoms with E-state index >= 15 is 0 Å². The molecule has 0 spiro atoms. The van der Waals surface area contributed by atoms with Crippen molar-refractivity contribution in [1.29, 1.82) is 0 Å². The first kappa shape index (κ1) is 21.2. The van der Waals surface area contributed by atoms with Gasteiger partial charge in [0.2, 0.25) is 0 Å². The van der Waals surface area contributed by atoms with Gasteiger partial charge in [-0.1, -0.05) is 6.92 Å². The van der Waals surface area contributed by atoms with E-state index in [2.05, 4.69) is 33.5 Å². The summed E-state index contributed by atoms with van der Waals surface area (Å²) in [6.45, 7) is 6.56. The fourth-order valence-corrected chi connectivity index (χ4v) is 2.89. The molecule has 27 heavy (non-hydrogen) atoms. The number of ether oxygens (including phenoxy) is 2. The van der Waals surface area contributed by atoms with Crippen molar-refractivity contribution < 1.29 is 14.3 Å². The molecule has 0 heterocycles. The van der Waals surface area contributed by atoms with Crippen molar-refractivity contribution in [2.45, 2.75) is 33.3 Å². The van der Waals surface area contributed by atoms with Crippen molar-refractivity contribution in [1.82, 2.24) is 5.32 Å². The van der Waals surface area contributed by atoms with E-state index in [0.29, 0.717) is 22.4 Å². The van der Waals surface area contributed by atoms with Gasteiger partial charge in [0.15, 0.2) is 5.11 Å². The van der Waals surface area contributed by atoms with Gasteiger partial charge in [0.25, 0.3) is 5.91 Å². The summed E-state index contributed by atoms with van der Waals surface area (Å²) in [5.41, 5.74) is 1.25. The summed E-state index contributed by atoms with van der Waals surface area (Å²) >= 11 is 8.62. The number of hydrogen-bond donors (Lipinski definition) is 2. The van der Waals surface area contributed by atoms with Crippen molar-refractivity contribution in [3.05, 3.63) is 52.5 Å². The molecule has 0 saturated heterocycles. The SMILES string of the molecule is CCOc1ccc(C(=O)NC(=S)Nc2ccc(OC(C)CC)cc2)cc1Br. The smallest absolute Gasteiger partial charge is 0.257 e. The molecule has 5 nitrogen and oxygen atoms in total. The quantitative estimate of drug-likeness (QED) is 0.570. The molecule has 0 aromatic heterocycles. The van der Waals surface area contributed by atoms with Crippen LogP contribution in [0.1, 0.15) is 37.6 Å². The van der Waals surface area contributed by atoms with E-state index in [1.165, 1.54) is 0 Å². The minimum atomic E-state index is -0.298. The average Bonchev–Trinajstić information content (AvgIpc) is 2.64.